The van der Waals surface area contributed by atoms with Crippen molar-refractivity contribution in [3.63, 3.8) is 0 Å². The molecule has 0 bridgehead atoms. The Labute approximate surface area is 142 Å². The summed E-state index contributed by atoms with van der Waals surface area (Å²) >= 11 is 1.64. The topological polar surface area (TPSA) is 35.5 Å². The van der Waals surface area contributed by atoms with Crippen LogP contribution in [0.4, 0.5) is 0 Å². The SMILES string of the molecule is COc1ccccc1C1(C(C)C)Sc2ccccc2C(C)N1[O-]. The van der Waals surface area contributed by atoms with Crippen molar-refractivity contribution in [1.29, 1.82) is 0 Å². The fourth-order valence-electron chi connectivity index (χ4n) is 3.34. The largest absolute Gasteiger partial charge is 0.784 e. The van der Waals surface area contributed by atoms with E-state index in [9.17, 15) is 5.21 Å². The van der Waals surface area contributed by atoms with E-state index in [1.165, 1.54) is 9.96 Å². The summed E-state index contributed by atoms with van der Waals surface area (Å²) < 4.78 is 5.57. The highest BCUT2D eigenvalue weighted by molar-refractivity contribution is 8.00. The summed E-state index contributed by atoms with van der Waals surface area (Å²) in [7, 11) is 1.66. The molecule has 0 fully saturated rings. The van der Waals surface area contributed by atoms with E-state index < -0.39 is 4.87 Å². The van der Waals surface area contributed by atoms with Gasteiger partial charge in [-0.05, 0) is 30.5 Å². The van der Waals surface area contributed by atoms with Crippen molar-refractivity contribution in [2.45, 2.75) is 36.6 Å². The van der Waals surface area contributed by atoms with E-state index in [0.717, 1.165) is 16.9 Å². The molecule has 4 heteroatoms. The van der Waals surface area contributed by atoms with Crippen molar-refractivity contribution >= 4 is 11.8 Å². The second kappa shape index (κ2) is 6.19. The lowest BCUT2D eigenvalue weighted by Crippen LogP contribution is -2.47. The highest BCUT2D eigenvalue weighted by Gasteiger charge is 2.45. The number of methoxy groups -OCH3 is 1. The monoisotopic (exact) mass is 328 g/mol. The van der Waals surface area contributed by atoms with Gasteiger partial charge in [-0.15, -0.1) is 0 Å². The van der Waals surface area contributed by atoms with Crippen molar-refractivity contribution in [2.75, 3.05) is 7.11 Å². The van der Waals surface area contributed by atoms with Gasteiger partial charge in [0.15, 0.2) is 0 Å². The van der Waals surface area contributed by atoms with Crippen molar-refractivity contribution in [3.8, 4) is 5.75 Å². The molecule has 0 N–H and O–H groups in total. The van der Waals surface area contributed by atoms with E-state index in [-0.39, 0.29) is 12.0 Å². The van der Waals surface area contributed by atoms with Crippen LogP contribution in [-0.2, 0) is 4.87 Å². The Balaban J connectivity index is 2.23. The van der Waals surface area contributed by atoms with Crippen LogP contribution >= 0.6 is 11.8 Å². The van der Waals surface area contributed by atoms with Crippen LogP contribution in [0.3, 0.4) is 0 Å². The fourth-order valence-corrected chi connectivity index (χ4v) is 4.94. The molecule has 2 aromatic rings. The summed E-state index contributed by atoms with van der Waals surface area (Å²) in [4.78, 5) is 0.479. The van der Waals surface area contributed by atoms with Crippen molar-refractivity contribution in [2.24, 2.45) is 5.92 Å². The van der Waals surface area contributed by atoms with E-state index >= 15 is 0 Å². The molecule has 0 radical (unpaired) electrons. The highest BCUT2D eigenvalue weighted by Crippen LogP contribution is 2.58. The van der Waals surface area contributed by atoms with Crippen LogP contribution in [0.1, 0.15) is 37.9 Å². The summed E-state index contributed by atoms with van der Waals surface area (Å²) in [5.41, 5.74) is 2.04. The van der Waals surface area contributed by atoms with Crippen LogP contribution in [0.5, 0.6) is 5.75 Å². The van der Waals surface area contributed by atoms with Crippen LogP contribution < -0.4 is 4.74 Å². The predicted molar refractivity (Wildman–Crippen MR) is 95.4 cm³/mol. The minimum atomic E-state index is -0.694. The maximum atomic E-state index is 13.4. The van der Waals surface area contributed by atoms with Gasteiger partial charge in [-0.3, -0.25) is 0 Å². The molecule has 3 rings (SSSR count). The number of hydrogen-bond donors (Lipinski definition) is 0. The Morgan fingerprint density at radius 3 is 2.48 bits per heavy atom. The molecule has 2 aromatic carbocycles. The lowest BCUT2D eigenvalue weighted by molar-refractivity contribution is 0.130. The first-order valence-electron chi connectivity index (χ1n) is 7.90. The molecule has 0 saturated carbocycles. The zero-order valence-corrected chi connectivity index (χ0v) is 14.8. The fraction of sp³-hybridized carbons (Fsp3) is 0.368. The molecule has 0 amide bonds. The number of ether oxygens (including phenoxy) is 1. The third-order valence-electron chi connectivity index (χ3n) is 4.59. The van der Waals surface area contributed by atoms with Gasteiger partial charge in [-0.25, -0.2) is 0 Å². The van der Waals surface area contributed by atoms with Crippen LogP contribution in [-0.4, -0.2) is 12.2 Å². The molecule has 1 aliphatic heterocycles. The first kappa shape index (κ1) is 16.4. The predicted octanol–water partition coefficient (Wildman–Crippen LogP) is 5.17. The number of thioether (sulfide) groups is 1. The minimum Gasteiger partial charge on any atom is -0.784 e. The van der Waals surface area contributed by atoms with E-state index in [4.69, 9.17) is 4.74 Å². The Morgan fingerprint density at radius 1 is 1.13 bits per heavy atom. The van der Waals surface area contributed by atoms with Crippen LogP contribution in [0.25, 0.3) is 0 Å². The average Bonchev–Trinajstić information content (AvgIpc) is 2.58. The summed E-state index contributed by atoms with van der Waals surface area (Å²) in [6.45, 7) is 6.19. The maximum Gasteiger partial charge on any atom is 0.124 e. The molecule has 0 aliphatic carbocycles. The quantitative estimate of drug-likeness (QED) is 0.778. The molecule has 2 atom stereocenters. The second-order valence-corrected chi connectivity index (χ2v) is 7.46. The van der Waals surface area contributed by atoms with E-state index in [1.807, 2.05) is 49.4 Å². The number of para-hydroxylation sites is 1. The zero-order chi connectivity index (χ0) is 16.6. The molecular weight excluding hydrogens is 306 g/mol. The van der Waals surface area contributed by atoms with Gasteiger partial charge in [0, 0.05) is 16.5 Å². The number of hydrogen-bond acceptors (Lipinski definition) is 4. The van der Waals surface area contributed by atoms with Crippen LogP contribution in [0.2, 0.25) is 0 Å². The smallest absolute Gasteiger partial charge is 0.124 e. The molecule has 1 aliphatic rings. The Kier molecular flexibility index (Phi) is 4.41. The molecule has 1 heterocycles. The lowest BCUT2D eigenvalue weighted by atomic mass is 9.91. The Bertz CT molecular complexity index is 703. The van der Waals surface area contributed by atoms with E-state index in [0.29, 0.717) is 0 Å². The van der Waals surface area contributed by atoms with Crippen molar-refractivity contribution in [1.82, 2.24) is 5.06 Å². The molecule has 122 valence electrons. The maximum absolute atomic E-state index is 13.4. The molecular formula is C19H22NO2S-. The molecule has 0 spiro atoms. The normalized spacial score (nSPS) is 24.5. The van der Waals surface area contributed by atoms with Gasteiger partial charge in [0.25, 0.3) is 0 Å². The second-order valence-electron chi connectivity index (χ2n) is 6.19. The van der Waals surface area contributed by atoms with Gasteiger partial charge < -0.3 is 15.0 Å². The third-order valence-corrected chi connectivity index (χ3v) is 6.36. The van der Waals surface area contributed by atoms with E-state index in [2.05, 4.69) is 19.9 Å². The van der Waals surface area contributed by atoms with Gasteiger partial charge in [0.2, 0.25) is 0 Å². The van der Waals surface area contributed by atoms with Crippen molar-refractivity contribution < 1.29 is 4.74 Å². The number of benzene rings is 2. The number of rotatable bonds is 3. The van der Waals surface area contributed by atoms with Gasteiger partial charge in [0.1, 0.15) is 5.75 Å². The summed E-state index contributed by atoms with van der Waals surface area (Å²) in [6, 6.07) is 15.8. The number of nitrogens with zero attached hydrogens (tertiary/aromatic N) is 1. The standard InChI is InChI=1S/C19H22NO2S/c1-13(2)19(16-10-6-7-11-17(16)22-4)20(21)14(3)15-9-5-8-12-18(15)23-19/h5-14H,1-4H3/q-1. The van der Waals surface area contributed by atoms with E-state index in [1.54, 1.807) is 18.9 Å². The first-order valence-corrected chi connectivity index (χ1v) is 8.72. The molecule has 0 saturated heterocycles. The van der Waals surface area contributed by atoms with Crippen molar-refractivity contribution in [3.05, 3.63) is 64.9 Å². The van der Waals surface area contributed by atoms with Crippen LogP contribution in [0, 0.1) is 11.1 Å². The lowest BCUT2D eigenvalue weighted by Gasteiger charge is -2.57. The van der Waals surface area contributed by atoms with Crippen LogP contribution in [0.15, 0.2) is 53.4 Å². The number of hydroxylamine groups is 2. The molecule has 0 aromatic heterocycles. The summed E-state index contributed by atoms with van der Waals surface area (Å²) in [5.74, 6) is 0.887. The Hall–Kier alpha value is -1.49. The van der Waals surface area contributed by atoms with Gasteiger partial charge >= 0.3 is 0 Å². The molecule has 3 nitrogen and oxygen atoms in total. The van der Waals surface area contributed by atoms with Gasteiger partial charge in [-0.2, -0.15) is 0 Å². The average molecular weight is 328 g/mol. The summed E-state index contributed by atoms with van der Waals surface area (Å²) in [6.07, 6.45) is 0. The zero-order valence-electron chi connectivity index (χ0n) is 13.9. The number of fused-ring (bicyclic) bond motifs is 1. The van der Waals surface area contributed by atoms with Gasteiger partial charge in [-0.1, -0.05) is 62.0 Å². The Morgan fingerprint density at radius 2 is 1.78 bits per heavy atom. The minimum absolute atomic E-state index is 0.122. The third kappa shape index (κ3) is 2.45. The summed E-state index contributed by atoms with van der Waals surface area (Å²) in [5, 5.41) is 14.6. The molecule has 23 heavy (non-hydrogen) atoms. The highest BCUT2D eigenvalue weighted by atomic mass is 32.2. The molecule has 2 unspecified atom stereocenters. The first-order chi connectivity index (χ1) is 11.0. The van der Waals surface area contributed by atoms with Gasteiger partial charge in [0.05, 0.1) is 12.0 Å².